The van der Waals surface area contributed by atoms with Crippen molar-refractivity contribution in [2.45, 2.75) is 19.3 Å². The summed E-state index contributed by atoms with van der Waals surface area (Å²) in [6.07, 6.45) is 5.80. The summed E-state index contributed by atoms with van der Waals surface area (Å²) >= 11 is 0. The van der Waals surface area contributed by atoms with Gasteiger partial charge in [-0.15, -0.1) is 0 Å². The van der Waals surface area contributed by atoms with Crippen LogP contribution in [0.25, 0.3) is 0 Å². The molecule has 3 rings (SSSR count). The highest BCUT2D eigenvalue weighted by molar-refractivity contribution is 5.77. The molecule has 6 nitrogen and oxygen atoms in total. The van der Waals surface area contributed by atoms with Crippen LogP contribution in [0, 0.1) is 11.7 Å². The maximum absolute atomic E-state index is 13.5. The zero-order valence-corrected chi connectivity index (χ0v) is 13.9. The number of para-hydroxylation sites is 1. The third-order valence-electron chi connectivity index (χ3n) is 4.35. The van der Waals surface area contributed by atoms with Gasteiger partial charge < -0.3 is 15.4 Å². The summed E-state index contributed by atoms with van der Waals surface area (Å²) in [5.41, 5.74) is 6.62. The number of likely N-dealkylation sites (tertiary alicyclic amines) is 1. The van der Waals surface area contributed by atoms with Crippen LogP contribution in [0.15, 0.2) is 36.7 Å². The number of halogens is 1. The fraction of sp³-hybridized carbons (Fsp3) is 0.389. The Kier molecular flexibility index (Phi) is 5.42. The fourth-order valence-corrected chi connectivity index (χ4v) is 3.06. The van der Waals surface area contributed by atoms with Gasteiger partial charge in [-0.1, -0.05) is 12.1 Å². The Morgan fingerprint density at radius 3 is 2.92 bits per heavy atom. The van der Waals surface area contributed by atoms with Crippen LogP contribution in [0.4, 0.5) is 10.2 Å². The van der Waals surface area contributed by atoms with Crippen molar-refractivity contribution in [2.24, 2.45) is 5.92 Å². The minimum absolute atomic E-state index is 0.0942. The number of piperidine rings is 1. The van der Waals surface area contributed by atoms with E-state index in [1.54, 1.807) is 29.4 Å². The molecule has 1 fully saturated rings. The summed E-state index contributed by atoms with van der Waals surface area (Å²) in [4.78, 5) is 22.5. The lowest BCUT2D eigenvalue weighted by Crippen LogP contribution is -2.42. The fourth-order valence-electron chi connectivity index (χ4n) is 3.06. The van der Waals surface area contributed by atoms with Crippen LogP contribution >= 0.6 is 0 Å². The van der Waals surface area contributed by atoms with Crippen LogP contribution < -0.4 is 10.5 Å². The summed E-state index contributed by atoms with van der Waals surface area (Å²) in [5.74, 6) is 0.209. The number of ether oxygens (including phenoxy) is 1. The minimum atomic E-state index is -0.468. The molecule has 25 heavy (non-hydrogen) atoms. The number of benzene rings is 1. The van der Waals surface area contributed by atoms with Gasteiger partial charge in [0.05, 0.1) is 5.69 Å². The van der Waals surface area contributed by atoms with Crippen LogP contribution in [-0.4, -0.2) is 40.5 Å². The second kappa shape index (κ2) is 7.92. The predicted molar refractivity (Wildman–Crippen MR) is 91.3 cm³/mol. The molecule has 0 unspecified atom stereocenters. The first-order chi connectivity index (χ1) is 12.1. The van der Waals surface area contributed by atoms with E-state index in [1.165, 1.54) is 12.1 Å². The Labute approximate surface area is 145 Å². The number of carbonyl (C=O) groups excluding carboxylic acids is 1. The van der Waals surface area contributed by atoms with Gasteiger partial charge in [-0.3, -0.25) is 9.78 Å². The number of hydrogen-bond acceptors (Lipinski definition) is 5. The van der Waals surface area contributed by atoms with Crippen molar-refractivity contribution < 1.29 is 13.9 Å². The molecule has 2 aromatic rings. The van der Waals surface area contributed by atoms with Gasteiger partial charge >= 0.3 is 0 Å². The summed E-state index contributed by atoms with van der Waals surface area (Å²) < 4.78 is 18.9. The molecular weight excluding hydrogens is 323 g/mol. The van der Waals surface area contributed by atoms with E-state index in [2.05, 4.69) is 9.97 Å². The van der Waals surface area contributed by atoms with Crippen LogP contribution in [0.1, 0.15) is 18.5 Å². The van der Waals surface area contributed by atoms with E-state index in [4.69, 9.17) is 10.5 Å². The van der Waals surface area contributed by atoms with Crippen LogP contribution in [0.2, 0.25) is 0 Å². The number of amides is 1. The number of nitrogens with two attached hydrogens (primary N) is 1. The van der Waals surface area contributed by atoms with E-state index in [-0.39, 0.29) is 24.2 Å². The van der Waals surface area contributed by atoms with E-state index in [0.29, 0.717) is 25.3 Å². The van der Waals surface area contributed by atoms with E-state index >= 15 is 0 Å². The molecule has 1 aliphatic rings. The molecule has 132 valence electrons. The maximum Gasteiger partial charge on any atom is 0.260 e. The van der Waals surface area contributed by atoms with Gasteiger partial charge in [0.1, 0.15) is 5.82 Å². The molecule has 1 aromatic heterocycles. The van der Waals surface area contributed by atoms with Gasteiger partial charge in [-0.05, 0) is 37.3 Å². The van der Waals surface area contributed by atoms with Gasteiger partial charge in [-0.2, -0.15) is 0 Å². The molecule has 0 saturated carbocycles. The lowest BCUT2D eigenvalue weighted by atomic mass is 9.93. The standard InChI is InChI=1S/C18H21FN4O2/c19-14-5-1-2-6-16(14)25-12-17(24)23-9-3-4-13(11-23)10-15-18(20)22-8-7-21-15/h1-2,5-8,13H,3-4,9-12H2,(H2,20,22)/t13-/m0/s1. The van der Waals surface area contributed by atoms with Crippen molar-refractivity contribution in [3.63, 3.8) is 0 Å². The minimum Gasteiger partial charge on any atom is -0.481 e. The molecule has 0 spiro atoms. The van der Waals surface area contributed by atoms with Gasteiger partial charge in [-0.25, -0.2) is 9.37 Å². The van der Waals surface area contributed by atoms with Gasteiger partial charge in [0.25, 0.3) is 5.91 Å². The first kappa shape index (κ1) is 17.1. The highest BCUT2D eigenvalue weighted by atomic mass is 19.1. The number of aromatic nitrogens is 2. The van der Waals surface area contributed by atoms with Crippen LogP contribution in [0.5, 0.6) is 5.75 Å². The Hall–Kier alpha value is -2.70. The van der Waals surface area contributed by atoms with Crippen molar-refractivity contribution in [1.29, 1.82) is 0 Å². The first-order valence-corrected chi connectivity index (χ1v) is 8.34. The zero-order valence-electron chi connectivity index (χ0n) is 13.9. The molecule has 1 saturated heterocycles. The molecule has 1 amide bonds. The smallest absolute Gasteiger partial charge is 0.260 e. The summed E-state index contributed by atoms with van der Waals surface area (Å²) in [6, 6.07) is 6.07. The summed E-state index contributed by atoms with van der Waals surface area (Å²) in [7, 11) is 0. The first-order valence-electron chi connectivity index (χ1n) is 8.34. The number of nitrogens with zero attached hydrogens (tertiary/aromatic N) is 3. The average Bonchev–Trinajstić information content (AvgIpc) is 2.63. The predicted octanol–water partition coefficient (Wildman–Crippen LogP) is 2.06. The Balaban J connectivity index is 1.55. The molecule has 7 heteroatoms. The molecule has 0 bridgehead atoms. The molecule has 1 aromatic carbocycles. The van der Waals surface area contributed by atoms with Crippen LogP contribution in [0.3, 0.4) is 0 Å². The molecular formula is C18H21FN4O2. The Morgan fingerprint density at radius 2 is 2.12 bits per heavy atom. The Morgan fingerprint density at radius 1 is 1.32 bits per heavy atom. The van der Waals surface area contributed by atoms with Gasteiger partial charge in [0, 0.05) is 25.5 Å². The van der Waals surface area contributed by atoms with Crippen molar-refractivity contribution in [2.75, 3.05) is 25.4 Å². The van der Waals surface area contributed by atoms with E-state index in [9.17, 15) is 9.18 Å². The molecule has 0 radical (unpaired) electrons. The number of hydrogen-bond donors (Lipinski definition) is 1. The number of anilines is 1. The number of carbonyl (C=O) groups is 1. The van der Waals surface area contributed by atoms with Crippen molar-refractivity contribution in [3.05, 3.63) is 48.2 Å². The highest BCUT2D eigenvalue weighted by Gasteiger charge is 2.25. The average molecular weight is 344 g/mol. The van der Waals surface area contributed by atoms with E-state index in [1.807, 2.05) is 0 Å². The summed E-state index contributed by atoms with van der Waals surface area (Å²) in [5, 5.41) is 0. The lowest BCUT2D eigenvalue weighted by molar-refractivity contribution is -0.135. The normalized spacial score (nSPS) is 17.3. The second-order valence-electron chi connectivity index (χ2n) is 6.16. The monoisotopic (exact) mass is 344 g/mol. The van der Waals surface area contributed by atoms with Gasteiger partial charge in [0.15, 0.2) is 18.2 Å². The van der Waals surface area contributed by atoms with Crippen molar-refractivity contribution in [3.8, 4) is 5.75 Å². The third-order valence-corrected chi connectivity index (χ3v) is 4.35. The van der Waals surface area contributed by atoms with E-state index < -0.39 is 5.82 Å². The molecule has 1 atom stereocenters. The Bertz CT molecular complexity index is 741. The highest BCUT2D eigenvalue weighted by Crippen LogP contribution is 2.22. The SMILES string of the molecule is Nc1nccnc1C[C@@H]1CCCN(C(=O)COc2ccccc2F)C1. The van der Waals surface area contributed by atoms with Crippen molar-refractivity contribution in [1.82, 2.24) is 14.9 Å². The number of rotatable bonds is 5. The molecule has 2 heterocycles. The topological polar surface area (TPSA) is 81.3 Å². The van der Waals surface area contributed by atoms with Crippen molar-refractivity contribution >= 4 is 11.7 Å². The third kappa shape index (κ3) is 4.43. The molecule has 2 N–H and O–H groups in total. The maximum atomic E-state index is 13.5. The van der Waals surface area contributed by atoms with E-state index in [0.717, 1.165) is 18.5 Å². The number of nitrogen functional groups attached to an aromatic ring is 1. The summed E-state index contributed by atoms with van der Waals surface area (Å²) in [6.45, 7) is 1.14. The quantitative estimate of drug-likeness (QED) is 0.898. The van der Waals surface area contributed by atoms with Crippen LogP contribution in [-0.2, 0) is 11.2 Å². The van der Waals surface area contributed by atoms with Gasteiger partial charge in [0.2, 0.25) is 0 Å². The largest absolute Gasteiger partial charge is 0.481 e. The molecule has 0 aliphatic carbocycles. The lowest BCUT2D eigenvalue weighted by Gasteiger charge is -2.32. The second-order valence-corrected chi connectivity index (χ2v) is 6.16. The molecule has 1 aliphatic heterocycles. The zero-order chi connectivity index (χ0) is 17.6.